The molecule has 8 heteroatoms. The van der Waals surface area contributed by atoms with Crippen molar-refractivity contribution in [2.24, 2.45) is 11.8 Å². The molecule has 2 aliphatic heterocycles. The van der Waals surface area contributed by atoms with Crippen LogP contribution in [-0.2, 0) is 19.1 Å². The quantitative estimate of drug-likeness (QED) is 0.576. The van der Waals surface area contributed by atoms with Gasteiger partial charge in [0.2, 0.25) is 11.8 Å². The van der Waals surface area contributed by atoms with Gasteiger partial charge in [-0.3, -0.25) is 19.8 Å². The average molecular weight is 336 g/mol. The number of imide groups is 1. The minimum Gasteiger partial charge on any atom is -0.468 e. The third-order valence-electron chi connectivity index (χ3n) is 4.88. The standard InChI is InChI=1S/C16H17FN2O5/c1-19-13(21)10-11(14(19)22)16(7-20,15(23)24-2)18-12(10)8-4-3-5-9(17)6-8/h3-6,10-12,18,20H,7H2,1-2H3/t10-,11+,12+,16-/m1/s1. The number of likely N-dealkylation sites (tertiary alicyclic amines) is 1. The summed E-state index contributed by atoms with van der Waals surface area (Å²) < 4.78 is 18.3. The zero-order valence-corrected chi connectivity index (χ0v) is 13.2. The van der Waals surface area contributed by atoms with Crippen LogP contribution in [0.25, 0.3) is 0 Å². The second-order valence-corrected chi connectivity index (χ2v) is 6.04. The zero-order chi connectivity index (χ0) is 17.6. The highest BCUT2D eigenvalue weighted by molar-refractivity contribution is 6.09. The molecule has 4 atom stereocenters. The van der Waals surface area contributed by atoms with Gasteiger partial charge in [-0.2, -0.15) is 0 Å². The molecule has 2 fully saturated rings. The van der Waals surface area contributed by atoms with E-state index in [2.05, 4.69) is 5.32 Å². The van der Waals surface area contributed by atoms with Crippen molar-refractivity contribution < 1.29 is 28.6 Å². The number of nitrogens with zero attached hydrogens (tertiary/aromatic N) is 1. The van der Waals surface area contributed by atoms with Crippen LogP contribution in [0.4, 0.5) is 4.39 Å². The molecule has 0 spiro atoms. The van der Waals surface area contributed by atoms with E-state index in [1.807, 2.05) is 0 Å². The highest BCUT2D eigenvalue weighted by atomic mass is 19.1. The molecule has 3 rings (SSSR count). The maximum atomic E-state index is 13.6. The second kappa shape index (κ2) is 5.64. The molecule has 2 saturated heterocycles. The Kier molecular flexibility index (Phi) is 3.89. The summed E-state index contributed by atoms with van der Waals surface area (Å²) in [4.78, 5) is 38.3. The van der Waals surface area contributed by atoms with Gasteiger partial charge in [-0.15, -0.1) is 0 Å². The largest absolute Gasteiger partial charge is 0.468 e. The van der Waals surface area contributed by atoms with E-state index in [1.54, 1.807) is 6.07 Å². The smallest absolute Gasteiger partial charge is 0.329 e. The first kappa shape index (κ1) is 16.5. The molecule has 0 bridgehead atoms. The van der Waals surface area contributed by atoms with Crippen LogP contribution in [0.2, 0.25) is 0 Å². The van der Waals surface area contributed by atoms with Gasteiger partial charge in [0.15, 0.2) is 5.54 Å². The van der Waals surface area contributed by atoms with Crippen LogP contribution in [0.3, 0.4) is 0 Å². The number of ether oxygens (including phenoxy) is 1. The topological polar surface area (TPSA) is 95.9 Å². The second-order valence-electron chi connectivity index (χ2n) is 6.04. The van der Waals surface area contributed by atoms with Crippen LogP contribution in [-0.4, -0.2) is 54.1 Å². The van der Waals surface area contributed by atoms with Crippen molar-refractivity contribution in [3.63, 3.8) is 0 Å². The summed E-state index contributed by atoms with van der Waals surface area (Å²) in [6, 6.07) is 4.76. The van der Waals surface area contributed by atoms with E-state index < -0.39 is 53.6 Å². The van der Waals surface area contributed by atoms with Crippen molar-refractivity contribution in [2.75, 3.05) is 20.8 Å². The Morgan fingerprint density at radius 1 is 1.42 bits per heavy atom. The van der Waals surface area contributed by atoms with Crippen molar-refractivity contribution in [3.05, 3.63) is 35.6 Å². The lowest BCUT2D eigenvalue weighted by Crippen LogP contribution is -2.58. The Morgan fingerprint density at radius 3 is 2.71 bits per heavy atom. The van der Waals surface area contributed by atoms with E-state index in [4.69, 9.17) is 4.74 Å². The van der Waals surface area contributed by atoms with Gasteiger partial charge in [0.25, 0.3) is 0 Å². The molecule has 0 saturated carbocycles. The fourth-order valence-electron chi connectivity index (χ4n) is 3.71. The highest BCUT2D eigenvalue weighted by Crippen LogP contribution is 2.48. The van der Waals surface area contributed by atoms with Crippen molar-refractivity contribution in [1.82, 2.24) is 10.2 Å². The van der Waals surface area contributed by atoms with Gasteiger partial charge in [0, 0.05) is 13.1 Å². The van der Waals surface area contributed by atoms with Crippen molar-refractivity contribution in [1.29, 1.82) is 0 Å². The monoisotopic (exact) mass is 336 g/mol. The number of esters is 1. The lowest BCUT2D eigenvalue weighted by Gasteiger charge is -2.29. The first-order chi connectivity index (χ1) is 11.4. The van der Waals surface area contributed by atoms with Crippen LogP contribution in [0.5, 0.6) is 0 Å². The molecule has 2 amide bonds. The predicted octanol–water partition coefficient (Wildman–Crippen LogP) is -0.395. The van der Waals surface area contributed by atoms with E-state index in [1.165, 1.54) is 25.2 Å². The average Bonchev–Trinajstić information content (AvgIpc) is 3.05. The Balaban J connectivity index is 2.14. The van der Waals surface area contributed by atoms with Gasteiger partial charge in [0.1, 0.15) is 5.82 Å². The van der Waals surface area contributed by atoms with Crippen LogP contribution in [0.15, 0.2) is 24.3 Å². The number of hydrogen-bond donors (Lipinski definition) is 2. The molecule has 0 aliphatic carbocycles. The summed E-state index contributed by atoms with van der Waals surface area (Å²) in [5.41, 5.74) is -1.32. The number of methoxy groups -OCH3 is 1. The summed E-state index contributed by atoms with van der Waals surface area (Å²) in [6.45, 7) is -0.723. The molecule has 0 radical (unpaired) electrons. The molecule has 0 unspecified atom stereocenters. The third-order valence-corrected chi connectivity index (χ3v) is 4.88. The number of hydrogen-bond acceptors (Lipinski definition) is 6. The maximum absolute atomic E-state index is 13.6. The number of halogens is 1. The first-order valence-electron chi connectivity index (χ1n) is 7.41. The molecule has 2 aliphatic rings. The maximum Gasteiger partial charge on any atom is 0.329 e. The van der Waals surface area contributed by atoms with E-state index in [0.29, 0.717) is 5.56 Å². The highest BCUT2D eigenvalue weighted by Gasteiger charge is 2.68. The summed E-state index contributed by atoms with van der Waals surface area (Å²) in [7, 11) is 2.46. The zero-order valence-electron chi connectivity index (χ0n) is 13.2. The predicted molar refractivity (Wildman–Crippen MR) is 78.9 cm³/mol. The Labute approximate surface area is 137 Å². The SMILES string of the molecule is COC(=O)[C@]1(CO)N[C@@H](c2cccc(F)c2)[C@@H]2C(=O)N(C)C(=O)[C@H]21. The van der Waals surface area contributed by atoms with E-state index in [9.17, 15) is 23.9 Å². The number of benzene rings is 1. The molecule has 0 aromatic heterocycles. The van der Waals surface area contributed by atoms with E-state index in [-0.39, 0.29) is 0 Å². The van der Waals surface area contributed by atoms with Gasteiger partial charge in [-0.25, -0.2) is 9.18 Å². The van der Waals surface area contributed by atoms with Gasteiger partial charge in [-0.1, -0.05) is 12.1 Å². The molecular formula is C16H17FN2O5. The van der Waals surface area contributed by atoms with Crippen molar-refractivity contribution in [3.8, 4) is 0 Å². The number of carbonyl (C=O) groups excluding carboxylic acids is 3. The van der Waals surface area contributed by atoms with Gasteiger partial charge in [-0.05, 0) is 17.7 Å². The number of carbonyl (C=O) groups is 3. The summed E-state index contributed by atoms with van der Waals surface area (Å²) >= 11 is 0. The van der Waals surface area contributed by atoms with Crippen molar-refractivity contribution >= 4 is 17.8 Å². The normalized spacial score (nSPS) is 32.2. The molecular weight excluding hydrogens is 319 g/mol. The molecule has 2 heterocycles. The third kappa shape index (κ3) is 2.06. The molecule has 24 heavy (non-hydrogen) atoms. The fraction of sp³-hybridized carbons (Fsp3) is 0.438. The molecule has 128 valence electrons. The first-order valence-corrected chi connectivity index (χ1v) is 7.41. The number of amides is 2. The number of fused-ring (bicyclic) bond motifs is 1. The lowest BCUT2D eigenvalue weighted by molar-refractivity contribution is -0.156. The number of aliphatic hydroxyl groups excluding tert-OH is 1. The van der Waals surface area contributed by atoms with E-state index >= 15 is 0 Å². The van der Waals surface area contributed by atoms with Crippen molar-refractivity contribution in [2.45, 2.75) is 11.6 Å². The molecule has 1 aromatic carbocycles. The minimum atomic E-state index is -1.74. The summed E-state index contributed by atoms with van der Waals surface area (Å²) in [5.74, 6) is -4.43. The lowest BCUT2D eigenvalue weighted by atomic mass is 9.79. The molecule has 1 aromatic rings. The number of rotatable bonds is 3. The van der Waals surface area contributed by atoms with E-state index in [0.717, 1.165) is 12.0 Å². The van der Waals surface area contributed by atoms with Crippen LogP contribution in [0, 0.1) is 17.7 Å². The summed E-state index contributed by atoms with van der Waals surface area (Å²) in [6.07, 6.45) is 0. The van der Waals surface area contributed by atoms with Gasteiger partial charge < -0.3 is 9.84 Å². The van der Waals surface area contributed by atoms with Crippen LogP contribution in [0.1, 0.15) is 11.6 Å². The molecule has 7 nitrogen and oxygen atoms in total. The van der Waals surface area contributed by atoms with Crippen LogP contribution >= 0.6 is 0 Å². The Hall–Kier alpha value is -2.32. The van der Waals surface area contributed by atoms with Gasteiger partial charge in [0.05, 0.1) is 25.6 Å². The van der Waals surface area contributed by atoms with Gasteiger partial charge >= 0.3 is 5.97 Å². The Bertz CT molecular complexity index is 724. The minimum absolute atomic E-state index is 0.417. The van der Waals surface area contributed by atoms with Crippen LogP contribution < -0.4 is 5.32 Å². The fourth-order valence-corrected chi connectivity index (χ4v) is 3.71. The molecule has 2 N–H and O–H groups in total. The Morgan fingerprint density at radius 2 is 2.12 bits per heavy atom. The summed E-state index contributed by atoms with van der Waals surface area (Å²) in [5, 5.41) is 12.7. The number of aliphatic hydroxyl groups is 1. The number of nitrogens with one attached hydrogen (secondary N) is 1.